The summed E-state index contributed by atoms with van der Waals surface area (Å²) in [5.74, 6) is 1.55. The van der Waals surface area contributed by atoms with Crippen molar-refractivity contribution in [1.29, 1.82) is 0 Å². The van der Waals surface area contributed by atoms with Gasteiger partial charge in [0.15, 0.2) is 5.82 Å². The highest BCUT2D eigenvalue weighted by Crippen LogP contribution is 2.32. The zero-order valence-electron chi connectivity index (χ0n) is 9.44. The van der Waals surface area contributed by atoms with E-state index in [1.807, 2.05) is 18.2 Å². The maximum atomic E-state index is 5.96. The number of rotatable bonds is 3. The fraction of sp³-hybridized carbons (Fsp3) is 0.385. The molecule has 0 radical (unpaired) electrons. The highest BCUT2D eigenvalue weighted by atomic mass is 35.5. The minimum absolute atomic E-state index is 0.375. The van der Waals surface area contributed by atoms with E-state index in [4.69, 9.17) is 11.6 Å². The lowest BCUT2D eigenvalue weighted by Crippen LogP contribution is -2.30. The third kappa shape index (κ3) is 2.20. The molecule has 1 heterocycles. The summed E-state index contributed by atoms with van der Waals surface area (Å²) in [5.41, 5.74) is 0. The summed E-state index contributed by atoms with van der Waals surface area (Å²) in [6, 6.07) is 8.15. The first kappa shape index (κ1) is 10.8. The van der Waals surface area contributed by atoms with Crippen LogP contribution in [0.15, 0.2) is 30.5 Å². The molecule has 1 aliphatic carbocycles. The Kier molecular flexibility index (Phi) is 2.85. The SMILES string of the molecule is ClC1CC(CNc2nncc3ccccc23)C1. The lowest BCUT2D eigenvalue weighted by Gasteiger charge is -2.31. The Morgan fingerprint density at radius 2 is 2.12 bits per heavy atom. The van der Waals surface area contributed by atoms with Crippen LogP contribution in [0, 0.1) is 5.92 Å². The van der Waals surface area contributed by atoms with Gasteiger partial charge in [0, 0.05) is 22.7 Å². The Labute approximate surface area is 105 Å². The van der Waals surface area contributed by atoms with Crippen LogP contribution in [0.25, 0.3) is 10.8 Å². The van der Waals surface area contributed by atoms with Gasteiger partial charge in [-0.3, -0.25) is 0 Å². The lowest BCUT2D eigenvalue weighted by atomic mass is 9.85. The molecule has 1 fully saturated rings. The van der Waals surface area contributed by atoms with E-state index >= 15 is 0 Å². The van der Waals surface area contributed by atoms with E-state index in [0.717, 1.165) is 36.0 Å². The number of halogens is 1. The molecule has 88 valence electrons. The standard InChI is InChI=1S/C13H14ClN3/c14-11-5-9(6-11)7-15-13-12-4-2-1-3-10(12)8-16-17-13/h1-4,8-9,11H,5-7H2,(H,15,17). The van der Waals surface area contributed by atoms with Gasteiger partial charge in [-0.2, -0.15) is 5.10 Å². The number of nitrogens with zero attached hydrogens (tertiary/aromatic N) is 2. The molecule has 0 amide bonds. The van der Waals surface area contributed by atoms with E-state index < -0.39 is 0 Å². The van der Waals surface area contributed by atoms with Gasteiger partial charge in [0.05, 0.1) is 6.20 Å². The highest BCUT2D eigenvalue weighted by molar-refractivity contribution is 6.21. The van der Waals surface area contributed by atoms with Crippen molar-refractivity contribution < 1.29 is 0 Å². The molecule has 3 nitrogen and oxygen atoms in total. The maximum Gasteiger partial charge on any atom is 0.156 e. The predicted molar refractivity (Wildman–Crippen MR) is 70.4 cm³/mol. The molecule has 0 bridgehead atoms. The molecule has 0 atom stereocenters. The van der Waals surface area contributed by atoms with Crippen molar-refractivity contribution in [1.82, 2.24) is 10.2 Å². The Morgan fingerprint density at radius 3 is 2.94 bits per heavy atom. The number of nitrogens with one attached hydrogen (secondary N) is 1. The van der Waals surface area contributed by atoms with Crippen LogP contribution < -0.4 is 5.32 Å². The van der Waals surface area contributed by atoms with Crippen LogP contribution in [0.3, 0.4) is 0 Å². The van der Waals surface area contributed by atoms with Crippen molar-refractivity contribution in [2.45, 2.75) is 18.2 Å². The van der Waals surface area contributed by atoms with Crippen LogP contribution in [0.4, 0.5) is 5.82 Å². The zero-order valence-corrected chi connectivity index (χ0v) is 10.2. The van der Waals surface area contributed by atoms with Crippen LogP contribution in [-0.4, -0.2) is 22.1 Å². The van der Waals surface area contributed by atoms with Gasteiger partial charge in [0.25, 0.3) is 0 Å². The van der Waals surface area contributed by atoms with Crippen LogP contribution in [0.2, 0.25) is 0 Å². The summed E-state index contributed by atoms with van der Waals surface area (Å²) in [4.78, 5) is 0. The molecule has 3 rings (SSSR count). The van der Waals surface area contributed by atoms with Crippen molar-refractivity contribution in [3.63, 3.8) is 0 Å². The summed E-state index contributed by atoms with van der Waals surface area (Å²) >= 11 is 5.96. The molecule has 0 spiro atoms. The first-order valence-corrected chi connectivity index (χ1v) is 6.35. The second-order valence-electron chi connectivity index (χ2n) is 4.60. The van der Waals surface area contributed by atoms with Crippen LogP contribution in [0.5, 0.6) is 0 Å². The summed E-state index contributed by atoms with van der Waals surface area (Å²) < 4.78 is 0. The third-order valence-electron chi connectivity index (χ3n) is 3.31. The topological polar surface area (TPSA) is 37.8 Å². The predicted octanol–water partition coefficient (Wildman–Crippen LogP) is 3.06. The quantitative estimate of drug-likeness (QED) is 0.848. The molecule has 1 N–H and O–H groups in total. The van der Waals surface area contributed by atoms with Gasteiger partial charge in [-0.15, -0.1) is 16.7 Å². The third-order valence-corrected chi connectivity index (χ3v) is 3.66. The second-order valence-corrected chi connectivity index (χ2v) is 5.21. The van der Waals surface area contributed by atoms with Gasteiger partial charge < -0.3 is 5.32 Å². The van der Waals surface area contributed by atoms with Gasteiger partial charge in [-0.1, -0.05) is 24.3 Å². The average molecular weight is 248 g/mol. The monoisotopic (exact) mass is 247 g/mol. The molecule has 2 aromatic rings. The molecule has 0 saturated heterocycles. The fourth-order valence-corrected chi connectivity index (χ4v) is 2.72. The summed E-state index contributed by atoms with van der Waals surface area (Å²) in [6.45, 7) is 0.936. The van der Waals surface area contributed by atoms with E-state index in [9.17, 15) is 0 Å². The number of hydrogen-bond donors (Lipinski definition) is 1. The first-order valence-electron chi connectivity index (χ1n) is 5.91. The molecule has 4 heteroatoms. The Balaban J connectivity index is 1.76. The highest BCUT2D eigenvalue weighted by Gasteiger charge is 2.26. The summed E-state index contributed by atoms with van der Waals surface area (Å²) in [5, 5.41) is 14.2. The Morgan fingerprint density at radius 1 is 1.29 bits per heavy atom. The fourth-order valence-electron chi connectivity index (χ4n) is 2.22. The van der Waals surface area contributed by atoms with Crippen molar-refractivity contribution in [3.05, 3.63) is 30.5 Å². The van der Waals surface area contributed by atoms with Gasteiger partial charge in [0.1, 0.15) is 0 Å². The molecule has 1 aromatic carbocycles. The van der Waals surface area contributed by atoms with Crippen molar-refractivity contribution in [2.24, 2.45) is 5.92 Å². The van der Waals surface area contributed by atoms with E-state index in [1.54, 1.807) is 6.20 Å². The van der Waals surface area contributed by atoms with Gasteiger partial charge in [-0.05, 0) is 18.8 Å². The number of fused-ring (bicyclic) bond motifs is 1. The summed E-state index contributed by atoms with van der Waals surface area (Å²) in [6.07, 6.45) is 4.00. The van der Waals surface area contributed by atoms with E-state index in [1.165, 1.54) is 0 Å². The molecule has 17 heavy (non-hydrogen) atoms. The Bertz CT molecular complexity index is 518. The molecule has 1 aromatic heterocycles. The smallest absolute Gasteiger partial charge is 0.156 e. The normalized spacial score (nSPS) is 23.4. The number of alkyl halides is 1. The first-order chi connectivity index (χ1) is 8.33. The van der Waals surface area contributed by atoms with E-state index in [0.29, 0.717) is 11.3 Å². The maximum absolute atomic E-state index is 5.96. The molecule has 0 unspecified atom stereocenters. The Hall–Kier alpha value is -1.35. The largest absolute Gasteiger partial charge is 0.368 e. The van der Waals surface area contributed by atoms with E-state index in [-0.39, 0.29) is 0 Å². The molecule has 0 aliphatic heterocycles. The number of aromatic nitrogens is 2. The summed E-state index contributed by atoms with van der Waals surface area (Å²) in [7, 11) is 0. The zero-order chi connectivity index (χ0) is 11.7. The van der Waals surface area contributed by atoms with Gasteiger partial charge in [-0.25, -0.2) is 0 Å². The van der Waals surface area contributed by atoms with Crippen molar-refractivity contribution >= 4 is 28.2 Å². The number of benzene rings is 1. The molecule has 1 aliphatic rings. The average Bonchev–Trinajstić information content (AvgIpc) is 2.33. The van der Waals surface area contributed by atoms with Gasteiger partial charge >= 0.3 is 0 Å². The van der Waals surface area contributed by atoms with Crippen LogP contribution in [0.1, 0.15) is 12.8 Å². The minimum atomic E-state index is 0.375. The van der Waals surface area contributed by atoms with Crippen LogP contribution >= 0.6 is 11.6 Å². The van der Waals surface area contributed by atoms with Crippen LogP contribution in [-0.2, 0) is 0 Å². The second kappa shape index (κ2) is 4.49. The molecule has 1 saturated carbocycles. The molecular formula is C13H14ClN3. The lowest BCUT2D eigenvalue weighted by molar-refractivity contribution is 0.341. The number of hydrogen-bond acceptors (Lipinski definition) is 3. The van der Waals surface area contributed by atoms with Gasteiger partial charge in [0.2, 0.25) is 0 Å². The van der Waals surface area contributed by atoms with E-state index in [2.05, 4.69) is 21.6 Å². The molecular weight excluding hydrogens is 234 g/mol. The van der Waals surface area contributed by atoms with Crippen molar-refractivity contribution in [2.75, 3.05) is 11.9 Å². The van der Waals surface area contributed by atoms with Crippen molar-refractivity contribution in [3.8, 4) is 0 Å². The number of anilines is 1. The minimum Gasteiger partial charge on any atom is -0.368 e.